The molecule has 4 nitrogen and oxygen atoms in total. The second-order valence-electron chi connectivity index (χ2n) is 5.38. The first kappa shape index (κ1) is 15.7. The maximum atomic E-state index is 13.0. The Labute approximate surface area is 148 Å². The summed E-state index contributed by atoms with van der Waals surface area (Å²) < 4.78 is 18.7. The van der Waals surface area contributed by atoms with Crippen LogP contribution in [0.2, 0.25) is 0 Å². The molecule has 4 rings (SSSR count). The molecule has 25 heavy (non-hydrogen) atoms. The minimum Gasteiger partial charge on any atom is -0.440 e. The summed E-state index contributed by atoms with van der Waals surface area (Å²) in [5.41, 5.74) is 2.87. The molecule has 124 valence electrons. The van der Waals surface area contributed by atoms with Crippen LogP contribution in [0.1, 0.15) is 5.89 Å². The first-order valence-electron chi connectivity index (χ1n) is 7.72. The topological polar surface area (TPSA) is 54.7 Å². The van der Waals surface area contributed by atoms with Gasteiger partial charge >= 0.3 is 0 Å². The Morgan fingerprint density at radius 1 is 0.920 bits per heavy atom. The van der Waals surface area contributed by atoms with E-state index in [1.165, 1.54) is 23.9 Å². The van der Waals surface area contributed by atoms with Crippen molar-refractivity contribution in [1.82, 2.24) is 15.0 Å². The third kappa shape index (κ3) is 3.64. The fourth-order valence-corrected chi connectivity index (χ4v) is 3.10. The zero-order chi connectivity index (χ0) is 17.1. The molecule has 2 heterocycles. The number of nitrogens with one attached hydrogen (secondary N) is 1. The van der Waals surface area contributed by atoms with Gasteiger partial charge in [-0.25, -0.2) is 14.4 Å². The summed E-state index contributed by atoms with van der Waals surface area (Å²) in [6, 6.07) is 16.2. The summed E-state index contributed by atoms with van der Waals surface area (Å²) >= 11 is 1.52. The molecule has 0 bridgehead atoms. The van der Waals surface area contributed by atoms with Crippen molar-refractivity contribution in [2.24, 2.45) is 0 Å². The summed E-state index contributed by atoms with van der Waals surface area (Å²) in [6.07, 6.45) is 3.47. The highest BCUT2D eigenvalue weighted by molar-refractivity contribution is 7.98. The Morgan fingerprint density at radius 3 is 2.52 bits per heavy atom. The smallest absolute Gasteiger partial charge is 0.205 e. The number of hydrogen-bond donors (Lipinski definition) is 1. The van der Waals surface area contributed by atoms with E-state index in [1.54, 1.807) is 18.3 Å². The van der Waals surface area contributed by atoms with Crippen LogP contribution in [0.5, 0.6) is 0 Å². The standard InChI is InChI=1S/C19H14FN3OS/c20-15-8-6-14(7-9-15)17-11-21-18(24-17)12-25-19-22-10-16(23-19)13-4-2-1-3-5-13/h1-11H,12H2,(H,22,23). The first-order valence-corrected chi connectivity index (χ1v) is 8.70. The lowest BCUT2D eigenvalue weighted by atomic mass is 10.2. The van der Waals surface area contributed by atoms with E-state index in [2.05, 4.69) is 15.0 Å². The lowest BCUT2D eigenvalue weighted by Gasteiger charge is -1.97. The van der Waals surface area contributed by atoms with Gasteiger partial charge in [0, 0.05) is 5.56 Å². The predicted octanol–water partition coefficient (Wildman–Crippen LogP) is 5.16. The number of rotatable bonds is 5. The van der Waals surface area contributed by atoms with Crippen LogP contribution in [0, 0.1) is 5.82 Å². The van der Waals surface area contributed by atoms with Crippen molar-refractivity contribution in [3.05, 3.63) is 78.7 Å². The maximum absolute atomic E-state index is 13.0. The van der Waals surface area contributed by atoms with Crippen molar-refractivity contribution in [3.8, 4) is 22.6 Å². The van der Waals surface area contributed by atoms with Crippen molar-refractivity contribution in [3.63, 3.8) is 0 Å². The van der Waals surface area contributed by atoms with Crippen molar-refractivity contribution in [2.45, 2.75) is 10.9 Å². The number of halogens is 1. The molecular formula is C19H14FN3OS. The number of aromatic amines is 1. The van der Waals surface area contributed by atoms with E-state index >= 15 is 0 Å². The highest BCUT2D eigenvalue weighted by Gasteiger charge is 2.09. The molecule has 0 saturated carbocycles. The predicted molar refractivity (Wildman–Crippen MR) is 95.5 cm³/mol. The molecule has 0 aliphatic carbocycles. The average Bonchev–Trinajstić information content (AvgIpc) is 3.31. The second-order valence-corrected chi connectivity index (χ2v) is 6.35. The van der Waals surface area contributed by atoms with E-state index in [1.807, 2.05) is 36.5 Å². The van der Waals surface area contributed by atoms with Gasteiger partial charge in [0.05, 0.1) is 23.8 Å². The van der Waals surface area contributed by atoms with Crippen LogP contribution < -0.4 is 0 Å². The number of hydrogen-bond acceptors (Lipinski definition) is 4. The summed E-state index contributed by atoms with van der Waals surface area (Å²) in [4.78, 5) is 11.9. The summed E-state index contributed by atoms with van der Waals surface area (Å²) in [6.45, 7) is 0. The van der Waals surface area contributed by atoms with Crippen LogP contribution in [-0.2, 0) is 5.75 Å². The van der Waals surface area contributed by atoms with Crippen LogP contribution in [0.15, 0.2) is 76.6 Å². The molecule has 0 aliphatic heterocycles. The van der Waals surface area contributed by atoms with Crippen molar-refractivity contribution in [1.29, 1.82) is 0 Å². The summed E-state index contributed by atoms with van der Waals surface area (Å²) in [7, 11) is 0. The van der Waals surface area contributed by atoms with Gasteiger partial charge in [-0.15, -0.1) is 0 Å². The number of benzene rings is 2. The van der Waals surface area contributed by atoms with Gasteiger partial charge in [-0.05, 0) is 29.8 Å². The van der Waals surface area contributed by atoms with E-state index < -0.39 is 0 Å². The van der Waals surface area contributed by atoms with E-state index in [9.17, 15) is 4.39 Å². The Balaban J connectivity index is 1.42. The number of oxazole rings is 1. The van der Waals surface area contributed by atoms with Crippen molar-refractivity contribution in [2.75, 3.05) is 0 Å². The molecular weight excluding hydrogens is 337 g/mol. The molecule has 0 aliphatic rings. The van der Waals surface area contributed by atoms with E-state index in [4.69, 9.17) is 4.42 Å². The van der Waals surface area contributed by atoms with Gasteiger partial charge < -0.3 is 9.40 Å². The van der Waals surface area contributed by atoms with E-state index in [0.29, 0.717) is 17.4 Å². The minimum absolute atomic E-state index is 0.272. The number of aromatic nitrogens is 3. The number of thioether (sulfide) groups is 1. The normalized spacial score (nSPS) is 10.9. The molecule has 2 aromatic heterocycles. The summed E-state index contributed by atoms with van der Waals surface area (Å²) in [5.74, 6) is 1.51. The van der Waals surface area contributed by atoms with E-state index in [0.717, 1.165) is 22.0 Å². The van der Waals surface area contributed by atoms with Crippen molar-refractivity contribution >= 4 is 11.8 Å². The average molecular weight is 351 g/mol. The molecule has 0 saturated heterocycles. The monoisotopic (exact) mass is 351 g/mol. The molecule has 6 heteroatoms. The SMILES string of the molecule is Fc1ccc(-c2cnc(CSc3ncc(-c4ccccc4)[nH]3)o2)cc1. The number of nitrogens with zero attached hydrogens (tertiary/aromatic N) is 2. The molecule has 0 atom stereocenters. The molecule has 0 amide bonds. The lowest BCUT2D eigenvalue weighted by Crippen LogP contribution is -1.81. The van der Waals surface area contributed by atoms with Crippen LogP contribution in [0.25, 0.3) is 22.6 Å². The summed E-state index contributed by atoms with van der Waals surface area (Å²) in [5, 5.41) is 0.806. The van der Waals surface area contributed by atoms with Gasteiger partial charge in [-0.3, -0.25) is 0 Å². The van der Waals surface area contributed by atoms with Gasteiger partial charge in [-0.2, -0.15) is 0 Å². The number of H-pyrrole nitrogens is 1. The van der Waals surface area contributed by atoms with E-state index in [-0.39, 0.29) is 5.82 Å². The molecule has 0 radical (unpaired) electrons. The quantitative estimate of drug-likeness (QED) is 0.504. The Kier molecular flexibility index (Phi) is 4.35. The van der Waals surface area contributed by atoms with Gasteiger partial charge in [0.2, 0.25) is 5.89 Å². The molecule has 1 N–H and O–H groups in total. The van der Waals surface area contributed by atoms with Gasteiger partial charge in [0.15, 0.2) is 10.9 Å². The lowest BCUT2D eigenvalue weighted by molar-refractivity contribution is 0.529. The highest BCUT2D eigenvalue weighted by atomic mass is 32.2. The molecule has 0 unspecified atom stereocenters. The molecule has 0 fully saturated rings. The highest BCUT2D eigenvalue weighted by Crippen LogP contribution is 2.26. The number of imidazole rings is 1. The van der Waals surface area contributed by atoms with Crippen LogP contribution in [0.3, 0.4) is 0 Å². The molecule has 2 aromatic carbocycles. The third-order valence-electron chi connectivity index (χ3n) is 3.65. The Hall–Kier alpha value is -2.86. The second kappa shape index (κ2) is 6.94. The fourth-order valence-electron chi connectivity index (χ4n) is 2.40. The zero-order valence-electron chi connectivity index (χ0n) is 13.1. The fraction of sp³-hybridized carbons (Fsp3) is 0.0526. The largest absolute Gasteiger partial charge is 0.440 e. The zero-order valence-corrected chi connectivity index (χ0v) is 14.0. The molecule has 0 spiro atoms. The first-order chi connectivity index (χ1) is 12.3. The van der Waals surface area contributed by atoms with Gasteiger partial charge in [-0.1, -0.05) is 42.1 Å². The Bertz CT molecular complexity index is 964. The van der Waals surface area contributed by atoms with Crippen LogP contribution in [-0.4, -0.2) is 15.0 Å². The minimum atomic E-state index is -0.272. The Morgan fingerprint density at radius 2 is 1.72 bits per heavy atom. The van der Waals surface area contributed by atoms with Crippen LogP contribution in [0.4, 0.5) is 4.39 Å². The third-order valence-corrected chi connectivity index (χ3v) is 4.52. The van der Waals surface area contributed by atoms with Gasteiger partial charge in [0.25, 0.3) is 0 Å². The van der Waals surface area contributed by atoms with Gasteiger partial charge in [0.1, 0.15) is 5.82 Å². The molecule has 4 aromatic rings. The van der Waals surface area contributed by atoms with Crippen molar-refractivity contribution < 1.29 is 8.81 Å². The van der Waals surface area contributed by atoms with Crippen LogP contribution >= 0.6 is 11.8 Å². The maximum Gasteiger partial charge on any atom is 0.205 e.